The molecular formula is C30H36O5. The fourth-order valence-corrected chi connectivity index (χ4v) is 5.53. The Morgan fingerprint density at radius 2 is 1.89 bits per heavy atom. The fourth-order valence-electron chi connectivity index (χ4n) is 5.53. The summed E-state index contributed by atoms with van der Waals surface area (Å²) in [6.45, 7) is 0.944. The summed E-state index contributed by atoms with van der Waals surface area (Å²) in [4.78, 5) is 11.3. The Labute approximate surface area is 208 Å². The summed E-state index contributed by atoms with van der Waals surface area (Å²) in [5, 5.41) is 10.5. The number of aliphatic hydroxyl groups is 1. The van der Waals surface area contributed by atoms with Crippen molar-refractivity contribution in [1.82, 2.24) is 0 Å². The molecular weight excluding hydrogens is 440 g/mol. The van der Waals surface area contributed by atoms with Crippen molar-refractivity contribution in [1.29, 1.82) is 0 Å². The van der Waals surface area contributed by atoms with Crippen LogP contribution in [0.4, 0.5) is 0 Å². The second-order valence-corrected chi connectivity index (χ2v) is 9.51. The predicted octanol–water partition coefficient (Wildman–Crippen LogP) is 5.25. The van der Waals surface area contributed by atoms with Crippen molar-refractivity contribution in [2.75, 3.05) is 20.3 Å². The van der Waals surface area contributed by atoms with Crippen molar-refractivity contribution in [3.8, 4) is 5.75 Å². The second kappa shape index (κ2) is 12.2. The number of unbranched alkanes of at least 4 members (excludes halogenated alkanes) is 1. The van der Waals surface area contributed by atoms with Gasteiger partial charge in [-0.15, -0.1) is 0 Å². The Balaban J connectivity index is 1.43. The molecule has 5 nitrogen and oxygen atoms in total. The SMILES string of the molecule is COC(=O)CCCC=CC[C@@H]1[C@@H](C=C[C@@H](O)COc2ccccc2)[C@H]2C[C@]1(c1ccccc1)CO2. The van der Waals surface area contributed by atoms with E-state index in [1.165, 1.54) is 12.7 Å². The fraction of sp³-hybridized carbons (Fsp3) is 0.433. The van der Waals surface area contributed by atoms with Crippen LogP contribution in [0.3, 0.4) is 0 Å². The van der Waals surface area contributed by atoms with Crippen LogP contribution < -0.4 is 4.74 Å². The van der Waals surface area contributed by atoms with Crippen LogP contribution in [0.5, 0.6) is 5.75 Å². The van der Waals surface area contributed by atoms with Gasteiger partial charge < -0.3 is 19.3 Å². The maximum atomic E-state index is 11.3. The minimum atomic E-state index is -0.684. The molecule has 2 fully saturated rings. The van der Waals surface area contributed by atoms with Crippen molar-refractivity contribution < 1.29 is 24.1 Å². The first-order valence-corrected chi connectivity index (χ1v) is 12.6. The number of aliphatic hydroxyl groups excluding tert-OH is 1. The van der Waals surface area contributed by atoms with E-state index in [0.717, 1.165) is 38.0 Å². The van der Waals surface area contributed by atoms with Gasteiger partial charge in [-0.2, -0.15) is 0 Å². The monoisotopic (exact) mass is 476 g/mol. The Bertz CT molecular complexity index is 986. The van der Waals surface area contributed by atoms with Gasteiger partial charge in [0.2, 0.25) is 0 Å². The number of rotatable bonds is 12. The molecule has 2 aromatic carbocycles. The molecule has 2 aliphatic rings. The summed E-state index contributed by atoms with van der Waals surface area (Å²) < 4.78 is 16.7. The largest absolute Gasteiger partial charge is 0.491 e. The van der Waals surface area contributed by atoms with E-state index in [4.69, 9.17) is 14.2 Å². The van der Waals surface area contributed by atoms with Crippen molar-refractivity contribution in [2.24, 2.45) is 11.8 Å². The molecule has 1 heterocycles. The average Bonchev–Trinajstić information content (AvgIpc) is 3.47. The highest BCUT2D eigenvalue weighted by molar-refractivity contribution is 5.69. The third kappa shape index (κ3) is 6.22. The summed E-state index contributed by atoms with van der Waals surface area (Å²) in [6.07, 6.45) is 11.9. The summed E-state index contributed by atoms with van der Waals surface area (Å²) in [7, 11) is 1.43. The molecule has 186 valence electrons. The van der Waals surface area contributed by atoms with Gasteiger partial charge >= 0.3 is 5.97 Å². The third-order valence-electron chi connectivity index (χ3n) is 7.33. The van der Waals surface area contributed by atoms with Crippen LogP contribution in [-0.2, 0) is 19.7 Å². The summed E-state index contributed by atoms with van der Waals surface area (Å²) in [5.41, 5.74) is 1.30. The maximum Gasteiger partial charge on any atom is 0.305 e. The van der Waals surface area contributed by atoms with Crippen molar-refractivity contribution in [3.05, 3.63) is 90.5 Å². The molecule has 1 aliphatic heterocycles. The number of allylic oxidation sites excluding steroid dienone is 2. The molecule has 5 atom stereocenters. The number of ether oxygens (including phenoxy) is 3. The number of esters is 1. The van der Waals surface area contributed by atoms with E-state index in [1.807, 2.05) is 36.4 Å². The van der Waals surface area contributed by atoms with Gasteiger partial charge in [0.1, 0.15) is 18.5 Å². The zero-order valence-corrected chi connectivity index (χ0v) is 20.4. The first-order chi connectivity index (χ1) is 17.1. The topological polar surface area (TPSA) is 65.0 Å². The summed E-state index contributed by atoms with van der Waals surface area (Å²) in [5.74, 6) is 1.18. The van der Waals surface area contributed by atoms with Crippen LogP contribution in [0.15, 0.2) is 85.0 Å². The number of para-hydroxylation sites is 1. The molecule has 35 heavy (non-hydrogen) atoms. The highest BCUT2D eigenvalue weighted by atomic mass is 16.5. The number of benzene rings is 2. The van der Waals surface area contributed by atoms with Crippen molar-refractivity contribution in [2.45, 2.75) is 49.7 Å². The molecule has 1 saturated heterocycles. The molecule has 1 aliphatic carbocycles. The molecule has 0 radical (unpaired) electrons. The van der Waals surface area contributed by atoms with E-state index in [9.17, 15) is 9.90 Å². The first-order valence-electron chi connectivity index (χ1n) is 12.6. The molecule has 1 saturated carbocycles. The standard InChI is InChI=1S/C30H36O5/c1-33-29(32)17-11-3-2-10-16-27-26(19-18-24(31)21-34-25-14-8-5-9-15-25)28-20-30(27,22-35-28)23-12-6-4-7-13-23/h2,4-10,12-15,18-19,24,26-28,31H,3,11,16-17,20-22H2,1H3/t24-,26-,27-,28-,30-/m1/s1. The molecule has 5 heteroatoms. The van der Waals surface area contributed by atoms with E-state index in [-0.39, 0.29) is 30.0 Å². The van der Waals surface area contributed by atoms with Crippen LogP contribution in [-0.4, -0.2) is 43.6 Å². The first kappa shape index (κ1) is 25.2. The Morgan fingerprint density at radius 1 is 1.14 bits per heavy atom. The zero-order chi connectivity index (χ0) is 24.5. The van der Waals surface area contributed by atoms with Gasteiger partial charge in [0.25, 0.3) is 0 Å². The van der Waals surface area contributed by atoms with E-state index in [1.54, 1.807) is 0 Å². The third-order valence-corrected chi connectivity index (χ3v) is 7.33. The number of hydrogen-bond acceptors (Lipinski definition) is 5. The Morgan fingerprint density at radius 3 is 2.63 bits per heavy atom. The predicted molar refractivity (Wildman–Crippen MR) is 136 cm³/mol. The molecule has 0 spiro atoms. The number of fused-ring (bicyclic) bond motifs is 2. The lowest BCUT2D eigenvalue weighted by atomic mass is 9.69. The van der Waals surface area contributed by atoms with Gasteiger partial charge in [0, 0.05) is 17.8 Å². The smallest absolute Gasteiger partial charge is 0.305 e. The number of carbonyl (C=O) groups is 1. The van der Waals surface area contributed by atoms with Crippen LogP contribution in [0.2, 0.25) is 0 Å². The lowest BCUT2D eigenvalue weighted by Crippen LogP contribution is -2.39. The van der Waals surface area contributed by atoms with Gasteiger partial charge in [-0.3, -0.25) is 4.79 Å². The lowest BCUT2D eigenvalue weighted by molar-refractivity contribution is -0.140. The molecule has 1 N–H and O–H groups in total. The zero-order valence-electron chi connectivity index (χ0n) is 20.4. The quantitative estimate of drug-likeness (QED) is 0.258. The Kier molecular flexibility index (Phi) is 8.78. The van der Waals surface area contributed by atoms with Crippen LogP contribution in [0.1, 0.15) is 37.7 Å². The van der Waals surface area contributed by atoms with Crippen molar-refractivity contribution in [3.63, 3.8) is 0 Å². The second-order valence-electron chi connectivity index (χ2n) is 9.51. The Hall–Kier alpha value is -2.89. The van der Waals surface area contributed by atoms with Gasteiger partial charge in [-0.1, -0.05) is 72.8 Å². The molecule has 0 aromatic heterocycles. The highest BCUT2D eigenvalue weighted by Crippen LogP contribution is 2.57. The minimum absolute atomic E-state index is 0.0250. The molecule has 0 unspecified atom stereocenters. The van der Waals surface area contributed by atoms with Gasteiger partial charge in [0.05, 0.1) is 19.8 Å². The number of hydrogen-bond donors (Lipinski definition) is 1. The minimum Gasteiger partial charge on any atom is -0.491 e. The van der Waals surface area contributed by atoms with Crippen molar-refractivity contribution >= 4 is 5.97 Å². The maximum absolute atomic E-state index is 11.3. The normalized spacial score (nSPS) is 26.4. The van der Waals surface area contributed by atoms with Gasteiger partial charge in [-0.05, 0) is 49.3 Å². The van der Waals surface area contributed by atoms with Crippen LogP contribution in [0, 0.1) is 11.8 Å². The summed E-state index contributed by atoms with van der Waals surface area (Å²) >= 11 is 0. The molecule has 4 rings (SSSR count). The van der Waals surface area contributed by atoms with Gasteiger partial charge in [-0.25, -0.2) is 0 Å². The van der Waals surface area contributed by atoms with Crippen LogP contribution in [0.25, 0.3) is 0 Å². The van der Waals surface area contributed by atoms with E-state index < -0.39 is 6.10 Å². The molecule has 0 amide bonds. The van der Waals surface area contributed by atoms with E-state index in [2.05, 4.69) is 48.6 Å². The number of carbonyl (C=O) groups excluding carboxylic acids is 1. The highest BCUT2D eigenvalue weighted by Gasteiger charge is 2.58. The lowest BCUT2D eigenvalue weighted by Gasteiger charge is -2.38. The summed E-state index contributed by atoms with van der Waals surface area (Å²) in [6, 6.07) is 20.2. The molecule has 2 aromatic rings. The molecule has 2 bridgehead atoms. The van der Waals surface area contributed by atoms with E-state index in [0.29, 0.717) is 12.3 Å². The van der Waals surface area contributed by atoms with Gasteiger partial charge in [0.15, 0.2) is 0 Å². The van der Waals surface area contributed by atoms with E-state index >= 15 is 0 Å². The average molecular weight is 477 g/mol. The van der Waals surface area contributed by atoms with Crippen LogP contribution >= 0.6 is 0 Å². The number of methoxy groups -OCH3 is 1.